The first kappa shape index (κ1) is 17.5. The lowest BCUT2D eigenvalue weighted by molar-refractivity contribution is -0.159. The van der Waals surface area contributed by atoms with Gasteiger partial charge in [0.15, 0.2) is 0 Å². The van der Waals surface area contributed by atoms with E-state index < -0.39 is 11.6 Å². The van der Waals surface area contributed by atoms with Crippen LogP contribution in [0.15, 0.2) is 24.3 Å². The van der Waals surface area contributed by atoms with Crippen LogP contribution in [0.1, 0.15) is 37.8 Å². The molecule has 0 spiro atoms. The topological polar surface area (TPSA) is 64.6 Å². The van der Waals surface area contributed by atoms with E-state index in [0.29, 0.717) is 25.4 Å². The van der Waals surface area contributed by atoms with E-state index in [1.807, 2.05) is 38.1 Å². The molecule has 1 aliphatic carbocycles. The number of benzene rings is 1. The predicted molar refractivity (Wildman–Crippen MR) is 86.7 cm³/mol. The number of carbonyl (C=O) groups is 2. The second kappa shape index (κ2) is 7.13. The third kappa shape index (κ3) is 3.91. The summed E-state index contributed by atoms with van der Waals surface area (Å²) in [5.41, 5.74) is 1.29. The van der Waals surface area contributed by atoms with Gasteiger partial charge in [-0.2, -0.15) is 0 Å². The van der Waals surface area contributed by atoms with Crippen LogP contribution in [0.4, 0.5) is 0 Å². The molecule has 0 heterocycles. The summed E-state index contributed by atoms with van der Waals surface area (Å²) in [4.78, 5) is 24.3. The molecule has 1 aromatic rings. The van der Waals surface area contributed by atoms with Crippen LogP contribution in [-0.4, -0.2) is 30.6 Å². The molecular weight excluding hydrogens is 294 g/mol. The standard InChI is InChI=1S/C18H25NO4/c1-12-9-18(10-12,17(21)22-4)19-16(20)14(3)23-11-15-8-6-5-7-13(15)2/h5-8,12,14H,9-11H2,1-4H3,(H,19,20). The average molecular weight is 319 g/mol. The number of amides is 1. The predicted octanol–water partition coefficient (Wildman–Crippen LogP) is 2.36. The van der Waals surface area contributed by atoms with Crippen molar-refractivity contribution in [2.75, 3.05) is 7.11 Å². The molecule has 1 amide bonds. The molecule has 1 aliphatic rings. The smallest absolute Gasteiger partial charge is 0.331 e. The summed E-state index contributed by atoms with van der Waals surface area (Å²) in [6.07, 6.45) is 0.582. The van der Waals surface area contributed by atoms with E-state index in [1.165, 1.54) is 7.11 Å². The van der Waals surface area contributed by atoms with Gasteiger partial charge < -0.3 is 14.8 Å². The lowest BCUT2D eigenvalue weighted by Gasteiger charge is -2.44. The molecule has 0 bridgehead atoms. The molecule has 1 aromatic carbocycles. The number of methoxy groups -OCH3 is 1. The second-order valence-corrected chi connectivity index (χ2v) is 6.46. The zero-order chi connectivity index (χ0) is 17.0. The van der Waals surface area contributed by atoms with E-state index in [9.17, 15) is 9.59 Å². The highest BCUT2D eigenvalue weighted by molar-refractivity contribution is 5.90. The summed E-state index contributed by atoms with van der Waals surface area (Å²) in [5.74, 6) is -0.261. The highest BCUT2D eigenvalue weighted by atomic mass is 16.5. The molecule has 0 aromatic heterocycles. The first-order valence-corrected chi connectivity index (χ1v) is 7.94. The summed E-state index contributed by atoms with van der Waals surface area (Å²) >= 11 is 0. The molecule has 0 aliphatic heterocycles. The summed E-state index contributed by atoms with van der Waals surface area (Å²) in [7, 11) is 1.34. The zero-order valence-electron chi connectivity index (χ0n) is 14.2. The van der Waals surface area contributed by atoms with Crippen LogP contribution < -0.4 is 5.32 Å². The fraction of sp³-hybridized carbons (Fsp3) is 0.556. The maximum Gasteiger partial charge on any atom is 0.331 e. The van der Waals surface area contributed by atoms with Crippen LogP contribution in [0.25, 0.3) is 0 Å². The number of hydrogen-bond acceptors (Lipinski definition) is 4. The second-order valence-electron chi connectivity index (χ2n) is 6.46. The van der Waals surface area contributed by atoms with Crippen molar-refractivity contribution in [3.63, 3.8) is 0 Å². The Balaban J connectivity index is 1.92. The van der Waals surface area contributed by atoms with Gasteiger partial charge in [-0.05, 0) is 43.7 Å². The summed E-state index contributed by atoms with van der Waals surface area (Å²) < 4.78 is 10.5. The van der Waals surface area contributed by atoms with Gasteiger partial charge in [0.25, 0.3) is 0 Å². The van der Waals surface area contributed by atoms with E-state index in [4.69, 9.17) is 9.47 Å². The third-order valence-corrected chi connectivity index (χ3v) is 4.45. The molecule has 1 unspecified atom stereocenters. The van der Waals surface area contributed by atoms with E-state index in [2.05, 4.69) is 5.32 Å². The summed E-state index contributed by atoms with van der Waals surface area (Å²) in [6, 6.07) is 7.89. The van der Waals surface area contributed by atoms with Crippen LogP contribution in [0, 0.1) is 12.8 Å². The first-order chi connectivity index (χ1) is 10.9. The highest BCUT2D eigenvalue weighted by Gasteiger charge is 2.51. The lowest BCUT2D eigenvalue weighted by Crippen LogP contribution is -2.63. The number of rotatable bonds is 6. The summed E-state index contributed by atoms with van der Waals surface area (Å²) in [5, 5.41) is 2.82. The molecule has 1 saturated carbocycles. The normalized spacial score (nSPS) is 24.4. The van der Waals surface area contributed by atoms with Crippen molar-refractivity contribution in [3.8, 4) is 0 Å². The van der Waals surface area contributed by atoms with Crippen LogP contribution in [-0.2, 0) is 25.7 Å². The largest absolute Gasteiger partial charge is 0.467 e. The fourth-order valence-electron chi connectivity index (χ4n) is 3.05. The number of aryl methyl sites for hydroxylation is 1. The minimum absolute atomic E-state index is 0.282. The molecule has 0 saturated heterocycles. The third-order valence-electron chi connectivity index (χ3n) is 4.45. The van der Waals surface area contributed by atoms with E-state index in [0.717, 1.165) is 11.1 Å². The Morgan fingerprint density at radius 1 is 1.35 bits per heavy atom. The van der Waals surface area contributed by atoms with E-state index >= 15 is 0 Å². The molecule has 5 heteroatoms. The minimum Gasteiger partial charge on any atom is -0.467 e. The molecular formula is C18H25NO4. The van der Waals surface area contributed by atoms with Crippen LogP contribution in [0.5, 0.6) is 0 Å². The molecule has 126 valence electrons. The van der Waals surface area contributed by atoms with Gasteiger partial charge in [0.2, 0.25) is 5.91 Å². The number of nitrogens with one attached hydrogen (secondary N) is 1. The Hall–Kier alpha value is -1.88. The van der Waals surface area contributed by atoms with Gasteiger partial charge in [-0.15, -0.1) is 0 Å². The van der Waals surface area contributed by atoms with Crippen molar-refractivity contribution in [3.05, 3.63) is 35.4 Å². The number of esters is 1. The van der Waals surface area contributed by atoms with Gasteiger partial charge in [0.05, 0.1) is 13.7 Å². The lowest BCUT2D eigenvalue weighted by atomic mass is 9.69. The van der Waals surface area contributed by atoms with Crippen molar-refractivity contribution >= 4 is 11.9 Å². The molecule has 23 heavy (non-hydrogen) atoms. The number of ether oxygens (including phenoxy) is 2. The Labute approximate surface area is 137 Å². The van der Waals surface area contributed by atoms with Crippen molar-refractivity contribution in [2.24, 2.45) is 5.92 Å². The van der Waals surface area contributed by atoms with Crippen LogP contribution >= 0.6 is 0 Å². The van der Waals surface area contributed by atoms with E-state index in [1.54, 1.807) is 6.92 Å². The number of carbonyl (C=O) groups excluding carboxylic acids is 2. The monoisotopic (exact) mass is 319 g/mol. The molecule has 5 nitrogen and oxygen atoms in total. The van der Waals surface area contributed by atoms with Crippen LogP contribution in [0.2, 0.25) is 0 Å². The van der Waals surface area contributed by atoms with E-state index in [-0.39, 0.29) is 11.9 Å². The van der Waals surface area contributed by atoms with Gasteiger partial charge >= 0.3 is 5.97 Å². The quantitative estimate of drug-likeness (QED) is 0.818. The van der Waals surface area contributed by atoms with Crippen molar-refractivity contribution < 1.29 is 19.1 Å². The fourth-order valence-corrected chi connectivity index (χ4v) is 3.05. The molecule has 1 N–H and O–H groups in total. The minimum atomic E-state index is -0.883. The Bertz CT molecular complexity index is 578. The molecule has 0 radical (unpaired) electrons. The molecule has 1 atom stereocenters. The maximum atomic E-state index is 12.3. The van der Waals surface area contributed by atoms with Gasteiger partial charge in [0.1, 0.15) is 11.6 Å². The van der Waals surface area contributed by atoms with Gasteiger partial charge in [0, 0.05) is 0 Å². The van der Waals surface area contributed by atoms with Gasteiger partial charge in [-0.3, -0.25) is 4.79 Å². The van der Waals surface area contributed by atoms with Gasteiger partial charge in [-0.25, -0.2) is 4.79 Å². The first-order valence-electron chi connectivity index (χ1n) is 7.94. The van der Waals surface area contributed by atoms with Crippen molar-refractivity contribution in [1.29, 1.82) is 0 Å². The van der Waals surface area contributed by atoms with Crippen LogP contribution in [0.3, 0.4) is 0 Å². The Morgan fingerprint density at radius 2 is 2.00 bits per heavy atom. The number of hydrogen-bond donors (Lipinski definition) is 1. The maximum absolute atomic E-state index is 12.3. The highest BCUT2D eigenvalue weighted by Crippen LogP contribution is 2.38. The Kier molecular flexibility index (Phi) is 5.42. The SMILES string of the molecule is COC(=O)C1(NC(=O)C(C)OCc2ccccc2C)CC(C)C1. The zero-order valence-corrected chi connectivity index (χ0v) is 14.2. The van der Waals surface area contributed by atoms with Crippen molar-refractivity contribution in [1.82, 2.24) is 5.32 Å². The van der Waals surface area contributed by atoms with Crippen molar-refractivity contribution in [2.45, 2.75) is 51.9 Å². The Morgan fingerprint density at radius 3 is 2.57 bits per heavy atom. The molecule has 2 rings (SSSR count). The van der Waals surface area contributed by atoms with Gasteiger partial charge in [-0.1, -0.05) is 31.2 Å². The average Bonchev–Trinajstić information content (AvgIpc) is 2.51. The molecule has 1 fully saturated rings. The summed E-state index contributed by atoms with van der Waals surface area (Å²) in [6.45, 7) is 6.11.